The Kier molecular flexibility index (Phi) is 4.82. The second-order valence-corrected chi connectivity index (χ2v) is 5.39. The van der Waals surface area contributed by atoms with Gasteiger partial charge >= 0.3 is 0 Å². The number of carbonyl (C=O) groups is 1. The molecule has 0 spiro atoms. The molecule has 0 aliphatic rings. The van der Waals surface area contributed by atoms with Gasteiger partial charge < -0.3 is 11.1 Å². The van der Waals surface area contributed by atoms with Crippen molar-refractivity contribution in [2.75, 3.05) is 17.3 Å². The van der Waals surface area contributed by atoms with E-state index in [2.05, 4.69) is 5.32 Å². The molecule has 1 amide bonds. The molecule has 0 aromatic heterocycles. The number of carbonyl (C=O) groups excluding carboxylic acids is 1. The Morgan fingerprint density at radius 1 is 1.26 bits per heavy atom. The first kappa shape index (κ1) is 13.9. The fourth-order valence-electron chi connectivity index (χ4n) is 1.94. The van der Waals surface area contributed by atoms with Crippen LogP contribution in [0.5, 0.6) is 0 Å². The summed E-state index contributed by atoms with van der Waals surface area (Å²) in [6.07, 6.45) is 2.70. The van der Waals surface area contributed by atoms with Gasteiger partial charge in [0.2, 0.25) is 5.91 Å². The van der Waals surface area contributed by atoms with E-state index in [4.69, 9.17) is 5.73 Å². The quantitative estimate of drug-likeness (QED) is 0.881. The van der Waals surface area contributed by atoms with Crippen molar-refractivity contribution in [3.05, 3.63) is 42.5 Å². The molecule has 0 fully saturated rings. The van der Waals surface area contributed by atoms with Crippen molar-refractivity contribution in [1.82, 2.24) is 0 Å². The van der Waals surface area contributed by atoms with Crippen LogP contribution in [-0.2, 0) is 4.79 Å². The zero-order chi connectivity index (χ0) is 13.7. The van der Waals surface area contributed by atoms with Crippen molar-refractivity contribution >= 4 is 34.1 Å². The Balaban J connectivity index is 2.15. The second-order valence-electron chi connectivity index (χ2n) is 4.40. The Morgan fingerprint density at radius 3 is 2.79 bits per heavy atom. The fraction of sp³-hybridized carbons (Fsp3) is 0.267. The summed E-state index contributed by atoms with van der Waals surface area (Å²) >= 11 is 1.70. The van der Waals surface area contributed by atoms with Crippen LogP contribution in [0.3, 0.4) is 0 Å². The number of fused-ring (bicyclic) bond motifs is 1. The van der Waals surface area contributed by atoms with Gasteiger partial charge in [-0.3, -0.25) is 4.79 Å². The van der Waals surface area contributed by atoms with Crippen molar-refractivity contribution in [3.8, 4) is 0 Å². The van der Waals surface area contributed by atoms with E-state index in [1.54, 1.807) is 11.8 Å². The Labute approximate surface area is 117 Å². The lowest BCUT2D eigenvalue weighted by molar-refractivity contribution is -0.117. The van der Waals surface area contributed by atoms with E-state index in [1.807, 2.05) is 48.7 Å². The van der Waals surface area contributed by atoms with Gasteiger partial charge in [-0.1, -0.05) is 36.4 Å². The van der Waals surface area contributed by atoms with Gasteiger partial charge in [-0.15, -0.1) is 0 Å². The zero-order valence-electron chi connectivity index (χ0n) is 10.9. The first-order valence-corrected chi connectivity index (χ1v) is 7.65. The van der Waals surface area contributed by atoms with E-state index in [0.717, 1.165) is 22.2 Å². The molecule has 2 aromatic rings. The predicted molar refractivity (Wildman–Crippen MR) is 83.6 cm³/mol. The summed E-state index contributed by atoms with van der Waals surface area (Å²) in [7, 11) is 0. The van der Waals surface area contributed by atoms with Gasteiger partial charge in [0, 0.05) is 11.1 Å². The van der Waals surface area contributed by atoms with Gasteiger partial charge in [0.1, 0.15) is 0 Å². The molecule has 3 N–H and O–H groups in total. The number of hydrogen-bond donors (Lipinski definition) is 2. The van der Waals surface area contributed by atoms with E-state index in [1.165, 1.54) is 0 Å². The largest absolute Gasteiger partial charge is 0.324 e. The number of thioether (sulfide) groups is 1. The van der Waals surface area contributed by atoms with E-state index in [9.17, 15) is 4.79 Å². The van der Waals surface area contributed by atoms with E-state index >= 15 is 0 Å². The van der Waals surface area contributed by atoms with Crippen molar-refractivity contribution in [2.45, 2.75) is 12.5 Å². The maximum Gasteiger partial charge on any atom is 0.241 e. The molecular formula is C15H18N2OS. The third-order valence-electron chi connectivity index (χ3n) is 3.02. The summed E-state index contributed by atoms with van der Waals surface area (Å²) in [5.41, 5.74) is 6.69. The first-order chi connectivity index (χ1) is 9.22. The monoisotopic (exact) mass is 274 g/mol. The number of nitrogens with two attached hydrogens (primary N) is 1. The van der Waals surface area contributed by atoms with Crippen LogP contribution in [0.2, 0.25) is 0 Å². The molecule has 4 heteroatoms. The van der Waals surface area contributed by atoms with Crippen LogP contribution in [0.4, 0.5) is 5.69 Å². The molecule has 0 radical (unpaired) electrons. The molecule has 0 aliphatic heterocycles. The van der Waals surface area contributed by atoms with E-state index in [-0.39, 0.29) is 5.91 Å². The topological polar surface area (TPSA) is 55.1 Å². The summed E-state index contributed by atoms with van der Waals surface area (Å²) in [4.78, 5) is 12.0. The number of hydrogen-bond acceptors (Lipinski definition) is 3. The Morgan fingerprint density at radius 2 is 2.00 bits per heavy atom. The minimum absolute atomic E-state index is 0.120. The average Bonchev–Trinajstić information content (AvgIpc) is 2.45. The van der Waals surface area contributed by atoms with Gasteiger partial charge in [0.05, 0.1) is 6.04 Å². The van der Waals surface area contributed by atoms with Crippen molar-refractivity contribution in [2.24, 2.45) is 5.73 Å². The van der Waals surface area contributed by atoms with Gasteiger partial charge in [-0.2, -0.15) is 11.8 Å². The molecule has 0 bridgehead atoms. The van der Waals surface area contributed by atoms with E-state index < -0.39 is 6.04 Å². The van der Waals surface area contributed by atoms with Crippen LogP contribution >= 0.6 is 11.8 Å². The van der Waals surface area contributed by atoms with Crippen LogP contribution in [-0.4, -0.2) is 24.0 Å². The summed E-state index contributed by atoms with van der Waals surface area (Å²) < 4.78 is 0. The lowest BCUT2D eigenvalue weighted by Gasteiger charge is -2.13. The lowest BCUT2D eigenvalue weighted by atomic mass is 10.1. The normalized spacial score (nSPS) is 12.3. The lowest BCUT2D eigenvalue weighted by Crippen LogP contribution is -2.36. The highest BCUT2D eigenvalue weighted by atomic mass is 32.2. The third kappa shape index (κ3) is 3.49. The maximum atomic E-state index is 12.0. The van der Waals surface area contributed by atoms with Crippen molar-refractivity contribution in [1.29, 1.82) is 0 Å². The molecule has 0 aliphatic carbocycles. The number of amides is 1. The number of anilines is 1. The predicted octanol–water partition coefficient (Wildman–Crippen LogP) is 2.86. The third-order valence-corrected chi connectivity index (χ3v) is 3.66. The number of rotatable bonds is 5. The van der Waals surface area contributed by atoms with Crippen LogP contribution in [0.25, 0.3) is 10.8 Å². The Hall–Kier alpha value is -1.52. The molecule has 19 heavy (non-hydrogen) atoms. The minimum atomic E-state index is -0.452. The highest BCUT2D eigenvalue weighted by molar-refractivity contribution is 7.98. The van der Waals surface area contributed by atoms with Crippen LogP contribution in [0.1, 0.15) is 6.42 Å². The fourth-order valence-corrected chi connectivity index (χ4v) is 2.43. The van der Waals surface area contributed by atoms with Crippen molar-refractivity contribution < 1.29 is 4.79 Å². The van der Waals surface area contributed by atoms with Crippen molar-refractivity contribution in [3.63, 3.8) is 0 Å². The summed E-state index contributed by atoms with van der Waals surface area (Å²) in [6, 6.07) is 13.4. The Bertz CT molecular complexity index is 566. The maximum absolute atomic E-state index is 12.0. The molecular weight excluding hydrogens is 256 g/mol. The number of benzene rings is 2. The number of nitrogens with one attached hydrogen (secondary N) is 1. The highest BCUT2D eigenvalue weighted by Gasteiger charge is 2.13. The minimum Gasteiger partial charge on any atom is -0.324 e. The second kappa shape index (κ2) is 6.59. The summed E-state index contributed by atoms with van der Waals surface area (Å²) in [5, 5.41) is 5.07. The molecule has 2 rings (SSSR count). The molecule has 2 aromatic carbocycles. The van der Waals surface area contributed by atoms with Gasteiger partial charge in [-0.05, 0) is 29.9 Å². The standard InChI is InChI=1S/C15H18N2OS/c1-19-10-9-13(16)15(18)17-14-8-4-6-11-5-2-3-7-12(11)14/h2-8,13H,9-10,16H2,1H3,(H,17,18). The molecule has 100 valence electrons. The molecule has 0 saturated carbocycles. The molecule has 0 saturated heterocycles. The zero-order valence-corrected chi connectivity index (χ0v) is 11.7. The average molecular weight is 274 g/mol. The summed E-state index contributed by atoms with van der Waals surface area (Å²) in [5.74, 6) is 0.773. The first-order valence-electron chi connectivity index (χ1n) is 6.25. The highest BCUT2D eigenvalue weighted by Crippen LogP contribution is 2.23. The smallest absolute Gasteiger partial charge is 0.241 e. The van der Waals surface area contributed by atoms with Crippen LogP contribution in [0.15, 0.2) is 42.5 Å². The molecule has 1 unspecified atom stereocenters. The van der Waals surface area contributed by atoms with E-state index in [0.29, 0.717) is 6.42 Å². The summed E-state index contributed by atoms with van der Waals surface area (Å²) in [6.45, 7) is 0. The van der Waals surface area contributed by atoms with Gasteiger partial charge in [0.15, 0.2) is 0 Å². The van der Waals surface area contributed by atoms with Gasteiger partial charge in [0.25, 0.3) is 0 Å². The van der Waals surface area contributed by atoms with Crippen LogP contribution < -0.4 is 11.1 Å². The van der Waals surface area contributed by atoms with Gasteiger partial charge in [-0.25, -0.2) is 0 Å². The molecule has 0 heterocycles. The molecule has 3 nitrogen and oxygen atoms in total. The molecule has 1 atom stereocenters. The van der Waals surface area contributed by atoms with Crippen LogP contribution in [0, 0.1) is 0 Å². The SMILES string of the molecule is CSCCC(N)C(=O)Nc1cccc2ccccc12.